The van der Waals surface area contributed by atoms with Gasteiger partial charge in [-0.15, -0.1) is 0 Å². The van der Waals surface area contributed by atoms with E-state index >= 15 is 0 Å². The summed E-state index contributed by atoms with van der Waals surface area (Å²) in [6.07, 6.45) is 0.991. The molecule has 0 atom stereocenters. The molecule has 1 aromatic carbocycles. The Morgan fingerprint density at radius 3 is 2.70 bits per heavy atom. The number of hydrogen-bond acceptors (Lipinski definition) is 2. The normalized spacial score (nSPS) is 10.1. The first-order valence-electron chi connectivity index (χ1n) is 6.91. The van der Waals surface area contributed by atoms with Gasteiger partial charge in [0.1, 0.15) is 6.61 Å². The first-order chi connectivity index (χ1) is 9.45. The summed E-state index contributed by atoms with van der Waals surface area (Å²) in [5.41, 5.74) is 2.38. The fourth-order valence-electron chi connectivity index (χ4n) is 1.83. The Morgan fingerprint density at radius 2 is 2.10 bits per heavy atom. The number of hydrogen-bond donors (Lipinski definition) is 1. The van der Waals surface area contributed by atoms with E-state index in [9.17, 15) is 4.79 Å². The van der Waals surface area contributed by atoms with Gasteiger partial charge in [0.15, 0.2) is 0 Å². The second-order valence-electron chi connectivity index (χ2n) is 5.40. The lowest BCUT2D eigenvalue weighted by Gasteiger charge is -2.19. The maximum absolute atomic E-state index is 12.4. The summed E-state index contributed by atoms with van der Waals surface area (Å²) in [5, 5.41) is 8.72. The van der Waals surface area contributed by atoms with Crippen LogP contribution in [0.3, 0.4) is 0 Å². The molecule has 0 aliphatic heterocycles. The molecule has 0 spiro atoms. The highest BCUT2D eigenvalue weighted by Crippen LogP contribution is 2.14. The van der Waals surface area contributed by atoms with Gasteiger partial charge in [-0.3, -0.25) is 4.79 Å². The van der Waals surface area contributed by atoms with Crippen molar-refractivity contribution in [3.63, 3.8) is 0 Å². The highest BCUT2D eigenvalue weighted by atomic mass is 16.2. The Labute approximate surface area is 121 Å². The van der Waals surface area contributed by atoms with Crippen LogP contribution >= 0.6 is 0 Å². The van der Waals surface area contributed by atoms with E-state index in [4.69, 9.17) is 5.11 Å². The lowest BCUT2D eigenvalue weighted by atomic mass is 10.0. The van der Waals surface area contributed by atoms with Crippen LogP contribution in [0, 0.1) is 24.7 Å². The van der Waals surface area contributed by atoms with E-state index in [2.05, 4.69) is 25.7 Å². The fraction of sp³-hybridized carbons (Fsp3) is 0.471. The predicted octanol–water partition coefficient (Wildman–Crippen LogP) is 2.46. The quantitative estimate of drug-likeness (QED) is 0.856. The molecule has 0 aromatic heterocycles. The molecule has 108 valence electrons. The molecule has 0 heterocycles. The highest BCUT2D eigenvalue weighted by molar-refractivity contribution is 5.95. The molecule has 0 aliphatic carbocycles. The van der Waals surface area contributed by atoms with Gasteiger partial charge in [0.25, 0.3) is 5.91 Å². The second kappa shape index (κ2) is 7.72. The van der Waals surface area contributed by atoms with E-state index in [1.165, 1.54) is 0 Å². The van der Waals surface area contributed by atoms with E-state index in [0.29, 0.717) is 11.5 Å². The SMILES string of the molecule is Cc1ccc(C#CCO)cc1C(=O)N(C)CCC(C)C. The Kier molecular flexibility index (Phi) is 6.27. The minimum Gasteiger partial charge on any atom is -0.384 e. The van der Waals surface area contributed by atoms with Gasteiger partial charge in [-0.05, 0) is 37.0 Å². The topological polar surface area (TPSA) is 40.5 Å². The van der Waals surface area contributed by atoms with Crippen molar-refractivity contribution < 1.29 is 9.90 Å². The average molecular weight is 273 g/mol. The molecule has 1 amide bonds. The molecule has 0 aliphatic rings. The predicted molar refractivity (Wildman–Crippen MR) is 81.6 cm³/mol. The Morgan fingerprint density at radius 1 is 1.40 bits per heavy atom. The number of aliphatic hydroxyl groups is 1. The molecule has 0 bridgehead atoms. The van der Waals surface area contributed by atoms with Gasteiger partial charge in [0.05, 0.1) is 0 Å². The zero-order chi connectivity index (χ0) is 15.1. The van der Waals surface area contributed by atoms with E-state index in [-0.39, 0.29) is 12.5 Å². The van der Waals surface area contributed by atoms with E-state index in [1.807, 2.05) is 26.1 Å². The molecule has 3 heteroatoms. The molecule has 0 saturated heterocycles. The van der Waals surface area contributed by atoms with Gasteiger partial charge in [0, 0.05) is 24.7 Å². The van der Waals surface area contributed by atoms with Gasteiger partial charge in [-0.2, -0.15) is 0 Å². The Hall–Kier alpha value is -1.79. The van der Waals surface area contributed by atoms with Gasteiger partial charge in [-0.1, -0.05) is 31.8 Å². The number of aliphatic hydroxyl groups excluding tert-OH is 1. The van der Waals surface area contributed by atoms with Crippen LogP contribution in [0.5, 0.6) is 0 Å². The van der Waals surface area contributed by atoms with Crippen molar-refractivity contribution in [2.24, 2.45) is 5.92 Å². The van der Waals surface area contributed by atoms with Gasteiger partial charge < -0.3 is 10.0 Å². The number of benzene rings is 1. The van der Waals surface area contributed by atoms with Crippen molar-refractivity contribution in [1.29, 1.82) is 0 Å². The number of aryl methyl sites for hydroxylation is 1. The molecule has 20 heavy (non-hydrogen) atoms. The van der Waals surface area contributed by atoms with E-state index in [1.54, 1.807) is 11.0 Å². The second-order valence-corrected chi connectivity index (χ2v) is 5.40. The largest absolute Gasteiger partial charge is 0.384 e. The van der Waals surface area contributed by atoms with E-state index < -0.39 is 0 Å². The van der Waals surface area contributed by atoms with Crippen LogP contribution in [-0.4, -0.2) is 36.1 Å². The molecule has 3 nitrogen and oxygen atoms in total. The molecular weight excluding hydrogens is 250 g/mol. The molecular formula is C17H23NO2. The third kappa shape index (κ3) is 4.71. The zero-order valence-electron chi connectivity index (χ0n) is 12.7. The smallest absolute Gasteiger partial charge is 0.253 e. The van der Waals surface area contributed by atoms with Crippen LogP contribution in [0.25, 0.3) is 0 Å². The van der Waals surface area contributed by atoms with Crippen LogP contribution in [0.1, 0.15) is 41.8 Å². The number of carbonyl (C=O) groups is 1. The summed E-state index contributed by atoms with van der Waals surface area (Å²) in [4.78, 5) is 14.2. The first kappa shape index (κ1) is 16.3. The van der Waals surface area contributed by atoms with Crippen molar-refractivity contribution >= 4 is 5.91 Å². The Bertz CT molecular complexity index is 524. The lowest BCUT2D eigenvalue weighted by Crippen LogP contribution is -2.29. The maximum Gasteiger partial charge on any atom is 0.253 e. The van der Waals surface area contributed by atoms with Crippen molar-refractivity contribution in [1.82, 2.24) is 4.90 Å². The van der Waals surface area contributed by atoms with Gasteiger partial charge in [0.2, 0.25) is 0 Å². The van der Waals surface area contributed by atoms with Crippen LogP contribution in [0.2, 0.25) is 0 Å². The molecule has 0 fully saturated rings. The van der Waals surface area contributed by atoms with Crippen LogP contribution in [0.4, 0.5) is 0 Å². The first-order valence-corrected chi connectivity index (χ1v) is 6.91. The summed E-state index contributed by atoms with van der Waals surface area (Å²) < 4.78 is 0. The number of rotatable bonds is 4. The lowest BCUT2D eigenvalue weighted by molar-refractivity contribution is 0.0788. The van der Waals surface area contributed by atoms with Crippen molar-refractivity contribution in [3.8, 4) is 11.8 Å². The van der Waals surface area contributed by atoms with Crippen molar-refractivity contribution in [2.45, 2.75) is 27.2 Å². The summed E-state index contributed by atoms with van der Waals surface area (Å²) in [6.45, 7) is 6.80. The summed E-state index contributed by atoms with van der Waals surface area (Å²) >= 11 is 0. The van der Waals surface area contributed by atoms with Gasteiger partial charge in [-0.25, -0.2) is 0 Å². The minimum absolute atomic E-state index is 0.0239. The van der Waals surface area contributed by atoms with Crippen LogP contribution < -0.4 is 0 Å². The Balaban J connectivity index is 2.91. The number of carbonyl (C=O) groups excluding carboxylic acids is 1. The molecule has 1 N–H and O–H groups in total. The van der Waals surface area contributed by atoms with Crippen LogP contribution in [0.15, 0.2) is 18.2 Å². The molecule has 0 radical (unpaired) electrons. The number of amides is 1. The average Bonchev–Trinajstić information content (AvgIpc) is 2.43. The summed E-state index contributed by atoms with van der Waals surface area (Å²) in [7, 11) is 1.83. The third-order valence-corrected chi connectivity index (χ3v) is 3.17. The monoisotopic (exact) mass is 273 g/mol. The molecule has 0 unspecified atom stereocenters. The minimum atomic E-state index is -0.175. The fourth-order valence-corrected chi connectivity index (χ4v) is 1.83. The molecule has 1 aromatic rings. The number of nitrogens with zero attached hydrogens (tertiary/aromatic N) is 1. The zero-order valence-corrected chi connectivity index (χ0v) is 12.7. The third-order valence-electron chi connectivity index (χ3n) is 3.17. The van der Waals surface area contributed by atoms with Crippen molar-refractivity contribution in [2.75, 3.05) is 20.2 Å². The van der Waals surface area contributed by atoms with E-state index in [0.717, 1.165) is 24.1 Å². The highest BCUT2D eigenvalue weighted by Gasteiger charge is 2.14. The summed E-state index contributed by atoms with van der Waals surface area (Å²) in [5.74, 6) is 6.04. The standard InChI is InChI=1S/C17H23NO2/c1-13(2)9-10-18(4)17(20)16-12-15(6-5-11-19)8-7-14(16)3/h7-8,12-13,19H,9-11H2,1-4H3. The molecule has 1 rings (SSSR count). The van der Waals surface area contributed by atoms with Crippen molar-refractivity contribution in [3.05, 3.63) is 34.9 Å². The summed E-state index contributed by atoms with van der Waals surface area (Å²) in [6, 6.07) is 5.56. The van der Waals surface area contributed by atoms with Crippen LogP contribution in [-0.2, 0) is 0 Å². The molecule has 0 saturated carbocycles. The maximum atomic E-state index is 12.4. The van der Waals surface area contributed by atoms with Gasteiger partial charge >= 0.3 is 0 Å².